The van der Waals surface area contributed by atoms with Crippen molar-refractivity contribution in [1.82, 2.24) is 0 Å². The summed E-state index contributed by atoms with van der Waals surface area (Å²) in [6, 6.07) is 0. The van der Waals surface area contributed by atoms with E-state index >= 15 is 0 Å². The first-order valence-corrected chi connectivity index (χ1v) is 15.0. The quantitative estimate of drug-likeness (QED) is 0.330. The van der Waals surface area contributed by atoms with E-state index in [9.17, 15) is 21.6 Å². The number of rotatable bonds is 5. The van der Waals surface area contributed by atoms with Crippen LogP contribution in [0.1, 0.15) is 46.5 Å². The molecule has 0 radical (unpaired) electrons. The van der Waals surface area contributed by atoms with Crippen LogP contribution in [0.3, 0.4) is 0 Å². The van der Waals surface area contributed by atoms with Crippen LogP contribution in [0.5, 0.6) is 0 Å². The van der Waals surface area contributed by atoms with Crippen molar-refractivity contribution >= 4 is 18.4 Å². The van der Waals surface area contributed by atoms with Gasteiger partial charge in [-0.15, -0.1) is 0 Å². The predicted molar refractivity (Wildman–Crippen MR) is 109 cm³/mol. The fraction of sp³-hybridized carbons (Fsp3) is 1.00. The molecule has 3 saturated heterocycles. The van der Waals surface area contributed by atoms with Gasteiger partial charge in [-0.3, -0.25) is 4.18 Å². The zero-order chi connectivity index (χ0) is 23.2. The van der Waals surface area contributed by atoms with Crippen LogP contribution in [0.15, 0.2) is 0 Å². The summed E-state index contributed by atoms with van der Waals surface area (Å²) >= 11 is 0. The number of hydrogen-bond donors (Lipinski definition) is 0. The van der Waals surface area contributed by atoms with Gasteiger partial charge < -0.3 is 18.6 Å². The summed E-state index contributed by atoms with van der Waals surface area (Å²) in [6.45, 7) is 10.1. The van der Waals surface area contributed by atoms with E-state index in [0.717, 1.165) is 12.8 Å². The van der Waals surface area contributed by atoms with Gasteiger partial charge in [-0.2, -0.15) is 21.6 Å². The molecule has 0 spiro atoms. The van der Waals surface area contributed by atoms with Crippen molar-refractivity contribution in [2.24, 2.45) is 0 Å². The SMILES string of the molecule is CC(C)(C)[Si](C)(C)O[C@H]1C[C@H]2O[C@H]3CCCO[C@@H]3C[C@@H]2O[C@@H]1COS(=O)(=O)C(F)(F)F. The average molecular weight is 491 g/mol. The Balaban J connectivity index is 1.77. The topological polar surface area (TPSA) is 80.3 Å². The maximum absolute atomic E-state index is 12.8. The number of halogens is 3. The fourth-order valence-corrected chi connectivity index (χ4v) is 5.78. The smallest absolute Gasteiger partial charge is 0.411 e. The second-order valence-electron chi connectivity index (χ2n) is 10.0. The van der Waals surface area contributed by atoms with Crippen LogP contribution in [-0.4, -0.2) is 72.1 Å². The third-order valence-electron chi connectivity index (χ3n) is 6.76. The van der Waals surface area contributed by atoms with Crippen LogP contribution in [0.4, 0.5) is 13.2 Å². The lowest BCUT2D eigenvalue weighted by Crippen LogP contribution is -2.60. The van der Waals surface area contributed by atoms with E-state index in [4.69, 9.17) is 18.6 Å². The van der Waals surface area contributed by atoms with Gasteiger partial charge >= 0.3 is 15.6 Å². The Kier molecular flexibility index (Phi) is 7.24. The van der Waals surface area contributed by atoms with Crippen molar-refractivity contribution in [3.63, 3.8) is 0 Å². The number of hydrogen-bond acceptors (Lipinski definition) is 7. The Bertz CT molecular complexity index is 738. The maximum Gasteiger partial charge on any atom is 0.523 e. The van der Waals surface area contributed by atoms with E-state index in [-0.39, 0.29) is 23.4 Å². The first-order valence-electron chi connectivity index (χ1n) is 10.7. The molecular weight excluding hydrogens is 457 g/mol. The Labute approximate surface area is 183 Å². The van der Waals surface area contributed by atoms with Crippen molar-refractivity contribution in [2.75, 3.05) is 13.2 Å². The van der Waals surface area contributed by atoms with Gasteiger partial charge in [0.25, 0.3) is 0 Å². The molecule has 0 aliphatic carbocycles. The molecule has 7 nitrogen and oxygen atoms in total. The first kappa shape index (κ1) is 25.4. The third-order valence-corrected chi connectivity index (χ3v) is 12.3. The highest BCUT2D eigenvalue weighted by Crippen LogP contribution is 2.42. The van der Waals surface area contributed by atoms with Gasteiger partial charge in [0.1, 0.15) is 6.10 Å². The summed E-state index contributed by atoms with van der Waals surface area (Å²) in [5.41, 5.74) is -5.49. The monoisotopic (exact) mass is 490 g/mol. The molecule has 0 bridgehead atoms. The number of fused-ring (bicyclic) bond motifs is 2. The molecule has 0 saturated carbocycles. The molecular formula is C19H33F3O7SSi. The normalized spacial score (nSPS) is 35.4. The van der Waals surface area contributed by atoms with Crippen LogP contribution in [-0.2, 0) is 32.9 Å². The lowest BCUT2D eigenvalue weighted by Gasteiger charge is -2.50. The fourth-order valence-electron chi connectivity index (χ4n) is 3.97. The van der Waals surface area contributed by atoms with Gasteiger partial charge in [0.05, 0.1) is 37.1 Å². The van der Waals surface area contributed by atoms with E-state index < -0.39 is 48.9 Å². The van der Waals surface area contributed by atoms with Gasteiger partial charge in [0.2, 0.25) is 0 Å². The van der Waals surface area contributed by atoms with E-state index in [1.807, 2.05) is 33.9 Å². The first-order chi connectivity index (χ1) is 14.1. The highest BCUT2D eigenvalue weighted by Gasteiger charge is 2.52. The highest BCUT2D eigenvalue weighted by atomic mass is 32.2. The maximum atomic E-state index is 12.8. The molecule has 0 amide bonds. The minimum Gasteiger partial charge on any atom is -0.411 e. The van der Waals surface area contributed by atoms with Gasteiger partial charge in [0.15, 0.2) is 8.32 Å². The molecule has 3 fully saturated rings. The van der Waals surface area contributed by atoms with Crippen molar-refractivity contribution in [2.45, 2.75) is 107 Å². The molecule has 182 valence electrons. The summed E-state index contributed by atoms with van der Waals surface area (Å²) in [4.78, 5) is 0. The largest absolute Gasteiger partial charge is 0.523 e. The van der Waals surface area contributed by atoms with Crippen LogP contribution in [0.25, 0.3) is 0 Å². The van der Waals surface area contributed by atoms with Gasteiger partial charge in [-0.05, 0) is 31.0 Å². The molecule has 6 atom stereocenters. The van der Waals surface area contributed by atoms with Crippen molar-refractivity contribution < 1.29 is 44.4 Å². The molecule has 0 aromatic rings. The van der Waals surface area contributed by atoms with E-state index in [0.29, 0.717) is 19.4 Å². The minimum atomic E-state index is -5.72. The molecule has 31 heavy (non-hydrogen) atoms. The third kappa shape index (κ3) is 5.64. The molecule has 12 heteroatoms. The zero-order valence-corrected chi connectivity index (χ0v) is 20.4. The Morgan fingerprint density at radius 2 is 1.65 bits per heavy atom. The summed E-state index contributed by atoms with van der Waals surface area (Å²) in [5.74, 6) is 0. The predicted octanol–water partition coefficient (Wildman–Crippen LogP) is 3.74. The lowest BCUT2D eigenvalue weighted by atomic mass is 9.88. The average Bonchev–Trinajstić information content (AvgIpc) is 2.62. The van der Waals surface area contributed by atoms with Crippen LogP contribution >= 0.6 is 0 Å². The van der Waals surface area contributed by atoms with Crippen LogP contribution in [0.2, 0.25) is 18.1 Å². The highest BCUT2D eigenvalue weighted by molar-refractivity contribution is 7.87. The van der Waals surface area contributed by atoms with E-state index in [1.54, 1.807) is 0 Å². The second kappa shape index (κ2) is 8.84. The molecule has 0 N–H and O–H groups in total. The Hall–Kier alpha value is -0.243. The Morgan fingerprint density at radius 3 is 2.26 bits per heavy atom. The summed E-state index contributed by atoms with van der Waals surface area (Å²) in [5, 5.41) is -0.150. The van der Waals surface area contributed by atoms with Crippen molar-refractivity contribution in [3.05, 3.63) is 0 Å². The van der Waals surface area contributed by atoms with Gasteiger partial charge in [-0.1, -0.05) is 20.8 Å². The van der Waals surface area contributed by atoms with E-state index in [1.165, 1.54) is 0 Å². The minimum absolute atomic E-state index is 0.0365. The molecule has 0 unspecified atom stereocenters. The van der Waals surface area contributed by atoms with Gasteiger partial charge in [0, 0.05) is 19.4 Å². The van der Waals surface area contributed by atoms with Gasteiger partial charge in [-0.25, -0.2) is 0 Å². The number of alkyl halides is 3. The molecule has 3 heterocycles. The summed E-state index contributed by atoms with van der Waals surface area (Å²) in [7, 11) is -8.05. The van der Waals surface area contributed by atoms with Crippen LogP contribution < -0.4 is 0 Å². The second-order valence-corrected chi connectivity index (χ2v) is 16.4. The standard InChI is InChI=1S/C19H33F3O7SSi/c1-18(2,3)31(4,5)29-16-10-15-14(9-13-12(27-15)7-6-8-25-13)28-17(16)11-26-30(23,24)19(20,21)22/h12-17H,6-11H2,1-5H3/t12-,13+,14-,15+,16-,17+/m0/s1. The van der Waals surface area contributed by atoms with E-state index in [2.05, 4.69) is 4.18 Å². The summed E-state index contributed by atoms with van der Waals surface area (Å²) in [6.07, 6.45) is 0.286. The molecule has 0 aromatic carbocycles. The zero-order valence-electron chi connectivity index (χ0n) is 18.6. The molecule has 0 aromatic heterocycles. The molecule has 3 aliphatic heterocycles. The number of ether oxygens (including phenoxy) is 3. The van der Waals surface area contributed by atoms with Crippen molar-refractivity contribution in [3.8, 4) is 0 Å². The Morgan fingerprint density at radius 1 is 1.00 bits per heavy atom. The van der Waals surface area contributed by atoms with Crippen LogP contribution in [0, 0.1) is 0 Å². The summed E-state index contributed by atoms with van der Waals surface area (Å²) < 4.78 is 89.9. The molecule has 3 rings (SSSR count). The molecule has 3 aliphatic rings. The van der Waals surface area contributed by atoms with Crippen molar-refractivity contribution in [1.29, 1.82) is 0 Å². The lowest BCUT2D eigenvalue weighted by molar-refractivity contribution is -0.259.